The van der Waals surface area contributed by atoms with E-state index in [4.69, 9.17) is 32.7 Å². The number of hydrogen-bond acceptors (Lipinski definition) is 4. The maximum absolute atomic E-state index is 11.7. The minimum absolute atomic E-state index is 0.119. The highest BCUT2D eigenvalue weighted by molar-refractivity contribution is 6.42. The number of carbonyl (C=O) groups excluding carboxylic acids is 2. The van der Waals surface area contributed by atoms with Crippen molar-refractivity contribution in [1.82, 2.24) is 5.32 Å². The van der Waals surface area contributed by atoms with Crippen molar-refractivity contribution >= 4 is 35.1 Å². The topological polar surface area (TPSA) is 64.6 Å². The van der Waals surface area contributed by atoms with Gasteiger partial charge in [0.15, 0.2) is 0 Å². The molecule has 0 spiro atoms. The van der Waals surface area contributed by atoms with Gasteiger partial charge in [0.25, 0.3) is 0 Å². The van der Waals surface area contributed by atoms with E-state index in [-0.39, 0.29) is 12.3 Å². The average Bonchev–Trinajstić information content (AvgIpc) is 2.64. The predicted molar refractivity (Wildman–Crippen MR) is 77.6 cm³/mol. The van der Waals surface area contributed by atoms with Gasteiger partial charge >= 0.3 is 5.97 Å². The standard InChI is InChI=1S/C14H13Cl2NO4/c1-14(2)20-11(13(19)21-14)6-12(18)17-7-8-3-4-9(15)10(16)5-8/h3-6H,7H2,1-2H3,(H,17,18)/b11-6+. The lowest BCUT2D eigenvalue weighted by molar-refractivity contribution is -0.159. The molecule has 0 unspecified atom stereocenters. The molecule has 0 atom stereocenters. The van der Waals surface area contributed by atoms with Gasteiger partial charge in [0.2, 0.25) is 17.5 Å². The fourth-order valence-corrected chi connectivity index (χ4v) is 2.02. The van der Waals surface area contributed by atoms with Gasteiger partial charge in [-0.3, -0.25) is 4.79 Å². The zero-order chi connectivity index (χ0) is 15.6. The monoisotopic (exact) mass is 329 g/mol. The van der Waals surface area contributed by atoms with Crippen LogP contribution in [-0.2, 0) is 25.6 Å². The molecule has 1 aromatic carbocycles. The molecule has 112 valence electrons. The summed E-state index contributed by atoms with van der Waals surface area (Å²) in [6.45, 7) is 3.41. The Balaban J connectivity index is 1.96. The van der Waals surface area contributed by atoms with Crippen LogP contribution in [0.4, 0.5) is 0 Å². The van der Waals surface area contributed by atoms with Gasteiger partial charge in [-0.15, -0.1) is 0 Å². The first-order chi connectivity index (χ1) is 9.77. The molecule has 1 aromatic rings. The van der Waals surface area contributed by atoms with Crippen molar-refractivity contribution in [3.8, 4) is 0 Å². The highest BCUT2D eigenvalue weighted by Crippen LogP contribution is 2.26. The third-order valence-electron chi connectivity index (χ3n) is 2.61. The van der Waals surface area contributed by atoms with E-state index in [1.54, 1.807) is 32.0 Å². The van der Waals surface area contributed by atoms with Crippen molar-refractivity contribution in [3.05, 3.63) is 45.6 Å². The number of ether oxygens (including phenoxy) is 2. The zero-order valence-electron chi connectivity index (χ0n) is 11.4. The smallest absolute Gasteiger partial charge is 0.377 e. The molecule has 1 heterocycles. The van der Waals surface area contributed by atoms with Crippen molar-refractivity contribution in [2.75, 3.05) is 0 Å². The summed E-state index contributed by atoms with van der Waals surface area (Å²) in [6, 6.07) is 5.04. The van der Waals surface area contributed by atoms with Gasteiger partial charge in [0.1, 0.15) is 0 Å². The maximum Gasteiger partial charge on any atom is 0.377 e. The second kappa shape index (κ2) is 5.95. The number of halogens is 2. The predicted octanol–water partition coefficient (Wildman–Crippen LogP) is 2.80. The summed E-state index contributed by atoms with van der Waals surface area (Å²) in [6.07, 6.45) is 1.06. The number of amides is 1. The molecule has 0 aromatic heterocycles. The third kappa shape index (κ3) is 4.12. The molecule has 2 rings (SSSR count). The van der Waals surface area contributed by atoms with Crippen molar-refractivity contribution in [1.29, 1.82) is 0 Å². The van der Waals surface area contributed by atoms with Crippen LogP contribution < -0.4 is 5.32 Å². The Morgan fingerprint density at radius 1 is 1.29 bits per heavy atom. The number of nitrogens with one attached hydrogen (secondary N) is 1. The summed E-state index contributed by atoms with van der Waals surface area (Å²) in [7, 11) is 0. The first kappa shape index (κ1) is 15.7. The lowest BCUT2D eigenvalue weighted by Crippen LogP contribution is -2.21. The molecule has 1 N–H and O–H groups in total. The van der Waals surface area contributed by atoms with Crippen molar-refractivity contribution in [2.45, 2.75) is 26.2 Å². The largest absolute Gasteiger partial charge is 0.445 e. The zero-order valence-corrected chi connectivity index (χ0v) is 12.9. The normalized spacial score (nSPS) is 18.3. The summed E-state index contributed by atoms with van der Waals surface area (Å²) in [5.41, 5.74) is 0.784. The quantitative estimate of drug-likeness (QED) is 0.684. The average molecular weight is 330 g/mol. The molecule has 0 bridgehead atoms. The van der Waals surface area contributed by atoms with Crippen LogP contribution in [0, 0.1) is 0 Å². The Morgan fingerprint density at radius 2 is 2.00 bits per heavy atom. The summed E-state index contributed by atoms with van der Waals surface area (Å²) in [4.78, 5) is 23.2. The Bertz CT molecular complexity index is 625. The number of cyclic esters (lactones) is 1. The van der Waals surface area contributed by atoms with Crippen LogP contribution >= 0.6 is 23.2 Å². The minimum Gasteiger partial charge on any atom is -0.445 e. The van der Waals surface area contributed by atoms with E-state index in [0.717, 1.165) is 11.6 Å². The molecule has 1 amide bonds. The molecule has 7 heteroatoms. The summed E-state index contributed by atoms with van der Waals surface area (Å²) in [5.74, 6) is -2.30. The van der Waals surface area contributed by atoms with E-state index in [1.165, 1.54) is 0 Å². The molecule has 1 aliphatic heterocycles. The van der Waals surface area contributed by atoms with Crippen LogP contribution in [0.1, 0.15) is 19.4 Å². The van der Waals surface area contributed by atoms with E-state index >= 15 is 0 Å². The number of carbonyl (C=O) groups is 2. The molecular formula is C14H13Cl2NO4. The van der Waals surface area contributed by atoms with Crippen LogP contribution in [0.5, 0.6) is 0 Å². The maximum atomic E-state index is 11.7. The fourth-order valence-electron chi connectivity index (χ4n) is 1.70. The minimum atomic E-state index is -1.05. The highest BCUT2D eigenvalue weighted by Gasteiger charge is 2.37. The van der Waals surface area contributed by atoms with Gasteiger partial charge in [-0.2, -0.15) is 0 Å². The first-order valence-corrected chi connectivity index (χ1v) is 6.88. The third-order valence-corrected chi connectivity index (χ3v) is 3.35. The number of rotatable bonds is 3. The SMILES string of the molecule is CC1(C)OC(=O)/C(=C\C(=O)NCc2ccc(Cl)c(Cl)c2)O1. The second-order valence-electron chi connectivity index (χ2n) is 4.87. The van der Waals surface area contributed by atoms with Crippen LogP contribution in [0.25, 0.3) is 0 Å². The van der Waals surface area contributed by atoms with Crippen LogP contribution in [0.15, 0.2) is 30.0 Å². The van der Waals surface area contributed by atoms with E-state index in [0.29, 0.717) is 10.0 Å². The highest BCUT2D eigenvalue weighted by atomic mass is 35.5. The first-order valence-electron chi connectivity index (χ1n) is 6.13. The number of hydrogen-bond donors (Lipinski definition) is 1. The molecule has 1 aliphatic rings. The number of benzene rings is 1. The Morgan fingerprint density at radius 3 is 2.57 bits per heavy atom. The summed E-state index contributed by atoms with van der Waals surface area (Å²) >= 11 is 11.7. The summed E-state index contributed by atoms with van der Waals surface area (Å²) < 4.78 is 10.1. The molecule has 5 nitrogen and oxygen atoms in total. The molecule has 21 heavy (non-hydrogen) atoms. The molecular weight excluding hydrogens is 317 g/mol. The van der Waals surface area contributed by atoms with Crippen LogP contribution in [0.2, 0.25) is 10.0 Å². The Labute approximate surface area is 131 Å². The number of esters is 1. The summed E-state index contributed by atoms with van der Waals surface area (Å²) in [5, 5.41) is 3.47. The van der Waals surface area contributed by atoms with Gasteiger partial charge in [0.05, 0.1) is 16.1 Å². The fraction of sp³-hybridized carbons (Fsp3) is 0.286. The van der Waals surface area contributed by atoms with Crippen molar-refractivity contribution < 1.29 is 19.1 Å². The van der Waals surface area contributed by atoms with Gasteiger partial charge in [-0.25, -0.2) is 4.79 Å². The van der Waals surface area contributed by atoms with Crippen molar-refractivity contribution in [3.63, 3.8) is 0 Å². The van der Waals surface area contributed by atoms with Gasteiger partial charge < -0.3 is 14.8 Å². The molecule has 1 fully saturated rings. The molecule has 1 saturated heterocycles. The lowest BCUT2D eigenvalue weighted by atomic mass is 10.2. The molecule has 0 saturated carbocycles. The Hall–Kier alpha value is -1.72. The second-order valence-corrected chi connectivity index (χ2v) is 5.68. The van der Waals surface area contributed by atoms with Gasteiger partial charge in [-0.05, 0) is 17.7 Å². The van der Waals surface area contributed by atoms with E-state index in [2.05, 4.69) is 5.32 Å². The Kier molecular flexibility index (Phi) is 4.44. The molecule has 0 radical (unpaired) electrons. The van der Waals surface area contributed by atoms with Gasteiger partial charge in [0, 0.05) is 20.4 Å². The van der Waals surface area contributed by atoms with Gasteiger partial charge in [-0.1, -0.05) is 29.3 Å². The van der Waals surface area contributed by atoms with E-state index < -0.39 is 17.7 Å². The van der Waals surface area contributed by atoms with Crippen LogP contribution in [-0.4, -0.2) is 17.7 Å². The molecule has 0 aliphatic carbocycles. The van der Waals surface area contributed by atoms with Crippen LogP contribution in [0.3, 0.4) is 0 Å². The van der Waals surface area contributed by atoms with E-state index in [1.807, 2.05) is 0 Å². The van der Waals surface area contributed by atoms with Crippen molar-refractivity contribution in [2.24, 2.45) is 0 Å². The lowest BCUT2D eigenvalue weighted by Gasteiger charge is -2.13. The van der Waals surface area contributed by atoms with E-state index in [9.17, 15) is 9.59 Å².